The molecule has 3 heterocycles. The van der Waals surface area contributed by atoms with Crippen molar-refractivity contribution in [1.82, 2.24) is 20.0 Å². The van der Waals surface area contributed by atoms with Crippen LogP contribution in [0.5, 0.6) is 0 Å². The van der Waals surface area contributed by atoms with E-state index in [4.69, 9.17) is 23.2 Å². The van der Waals surface area contributed by atoms with Crippen molar-refractivity contribution >= 4 is 40.8 Å². The second kappa shape index (κ2) is 7.46. The monoisotopic (exact) mass is 433 g/mol. The summed E-state index contributed by atoms with van der Waals surface area (Å²) in [6.07, 6.45) is 1.46. The van der Waals surface area contributed by atoms with E-state index in [0.717, 1.165) is 5.56 Å². The molecule has 0 atom stereocenters. The third kappa shape index (κ3) is 3.53. The van der Waals surface area contributed by atoms with Crippen LogP contribution < -0.4 is 4.90 Å². The topological polar surface area (TPSA) is 69.6 Å². The van der Waals surface area contributed by atoms with Crippen LogP contribution in [0, 0.1) is 0 Å². The molecule has 1 spiro atoms. The Kier molecular flexibility index (Phi) is 5.12. The first-order valence-corrected chi connectivity index (χ1v) is 10.1. The number of aromatic nitrogens is 2. The van der Waals surface area contributed by atoms with Gasteiger partial charge in [0, 0.05) is 23.7 Å². The van der Waals surface area contributed by atoms with E-state index < -0.39 is 5.54 Å². The molecule has 0 saturated carbocycles. The predicted molar refractivity (Wildman–Crippen MR) is 111 cm³/mol. The fraction of sp³-hybridized carbons (Fsp3) is 0.400. The lowest BCUT2D eigenvalue weighted by molar-refractivity contribution is -0.170. The fourth-order valence-electron chi connectivity index (χ4n) is 3.89. The van der Waals surface area contributed by atoms with Crippen molar-refractivity contribution in [3.63, 3.8) is 0 Å². The van der Waals surface area contributed by atoms with Crippen molar-refractivity contribution in [1.29, 1.82) is 0 Å². The van der Waals surface area contributed by atoms with Crippen LogP contribution in [0.25, 0.3) is 0 Å². The highest BCUT2D eigenvalue weighted by Gasteiger charge is 2.60. The Morgan fingerprint density at radius 1 is 1.10 bits per heavy atom. The summed E-state index contributed by atoms with van der Waals surface area (Å²) in [7, 11) is 0. The first-order valence-electron chi connectivity index (χ1n) is 9.39. The minimum absolute atomic E-state index is 0.0349. The number of carbonyl (C=O) groups excluding carboxylic acids is 2. The van der Waals surface area contributed by atoms with Crippen molar-refractivity contribution in [3.05, 3.63) is 52.1 Å². The molecule has 0 bridgehead atoms. The quantitative estimate of drug-likeness (QED) is 0.740. The Morgan fingerprint density at radius 2 is 1.79 bits per heavy atom. The van der Waals surface area contributed by atoms with Gasteiger partial charge in [0.2, 0.25) is 5.91 Å². The maximum Gasteiger partial charge on any atom is 0.252 e. The highest BCUT2D eigenvalue weighted by Crippen LogP contribution is 2.37. The van der Waals surface area contributed by atoms with Gasteiger partial charge in [-0.15, -0.1) is 5.10 Å². The van der Waals surface area contributed by atoms with Gasteiger partial charge in [0.1, 0.15) is 6.54 Å². The van der Waals surface area contributed by atoms with Crippen LogP contribution >= 0.6 is 23.2 Å². The maximum atomic E-state index is 13.4. The van der Waals surface area contributed by atoms with Crippen molar-refractivity contribution in [2.75, 3.05) is 24.5 Å². The lowest BCUT2D eigenvalue weighted by Crippen LogP contribution is -2.81. The van der Waals surface area contributed by atoms with Crippen LogP contribution in [-0.2, 0) is 16.1 Å². The summed E-state index contributed by atoms with van der Waals surface area (Å²) >= 11 is 12.0. The first-order chi connectivity index (χ1) is 13.8. The number of carbonyl (C=O) groups is 2. The summed E-state index contributed by atoms with van der Waals surface area (Å²) in [5.74, 6) is 0.494. The molecule has 7 nitrogen and oxygen atoms in total. The van der Waals surface area contributed by atoms with Gasteiger partial charge in [0.25, 0.3) is 5.91 Å². The Labute approximate surface area is 179 Å². The molecular formula is C20H21Cl2N5O2. The van der Waals surface area contributed by atoms with Crippen molar-refractivity contribution < 1.29 is 9.59 Å². The van der Waals surface area contributed by atoms with E-state index in [0.29, 0.717) is 35.5 Å². The Balaban J connectivity index is 1.64. The number of anilines is 1. The van der Waals surface area contributed by atoms with Crippen LogP contribution in [0.2, 0.25) is 10.0 Å². The van der Waals surface area contributed by atoms with Crippen molar-refractivity contribution in [2.45, 2.75) is 32.0 Å². The number of hydrogen-bond acceptors (Lipinski definition) is 5. The summed E-state index contributed by atoms with van der Waals surface area (Å²) in [5, 5.41) is 9.09. The van der Waals surface area contributed by atoms with Crippen LogP contribution in [0.15, 0.2) is 36.5 Å². The molecular weight excluding hydrogens is 413 g/mol. The lowest BCUT2D eigenvalue weighted by Gasteiger charge is -2.58. The zero-order chi connectivity index (χ0) is 20.8. The minimum Gasteiger partial charge on any atom is -0.349 e. The van der Waals surface area contributed by atoms with Gasteiger partial charge in [-0.05, 0) is 31.5 Å². The normalized spacial score (nSPS) is 18.6. The van der Waals surface area contributed by atoms with Crippen LogP contribution in [0.4, 0.5) is 5.82 Å². The molecule has 0 aliphatic carbocycles. The Bertz CT molecular complexity index is 944. The molecule has 2 aromatic rings. The SMILES string of the molecule is CC(C)N1CC(=O)N(Cc2ccc(Cl)cc2)C2(CN(c3cc(Cl)cnn3)C2)C1=O. The molecule has 152 valence electrons. The number of benzene rings is 1. The van der Waals surface area contributed by atoms with Gasteiger partial charge in [-0.1, -0.05) is 35.3 Å². The molecule has 4 rings (SSSR count). The fourth-order valence-corrected chi connectivity index (χ4v) is 4.16. The van der Waals surface area contributed by atoms with Crippen molar-refractivity contribution in [2.24, 2.45) is 0 Å². The van der Waals surface area contributed by atoms with Gasteiger partial charge in [-0.25, -0.2) is 0 Å². The van der Waals surface area contributed by atoms with E-state index in [9.17, 15) is 9.59 Å². The third-order valence-electron chi connectivity index (χ3n) is 5.50. The van der Waals surface area contributed by atoms with E-state index in [-0.39, 0.29) is 24.4 Å². The summed E-state index contributed by atoms with van der Waals surface area (Å²) in [6.45, 7) is 4.98. The molecule has 2 aliphatic rings. The second-order valence-electron chi connectivity index (χ2n) is 7.75. The molecule has 1 aromatic carbocycles. The maximum absolute atomic E-state index is 13.4. The molecule has 0 N–H and O–H groups in total. The van der Waals surface area contributed by atoms with E-state index in [1.165, 1.54) is 6.20 Å². The standard InChI is InChI=1S/C20H21Cl2N5O2/c1-13(2)26-10-18(28)27(9-14-3-5-15(21)6-4-14)20(19(26)29)11-25(12-20)17-7-16(22)8-23-24-17/h3-8,13H,9-12H2,1-2H3. The largest absolute Gasteiger partial charge is 0.349 e. The predicted octanol–water partition coefficient (Wildman–Crippen LogP) is 2.62. The number of rotatable bonds is 4. The third-order valence-corrected chi connectivity index (χ3v) is 5.96. The van der Waals surface area contributed by atoms with Gasteiger partial charge < -0.3 is 14.7 Å². The van der Waals surface area contributed by atoms with E-state index in [1.807, 2.05) is 30.9 Å². The summed E-state index contributed by atoms with van der Waals surface area (Å²) in [4.78, 5) is 31.8. The molecule has 1 aromatic heterocycles. The first kappa shape index (κ1) is 19.9. The second-order valence-corrected chi connectivity index (χ2v) is 8.63. The number of piperazine rings is 1. The lowest BCUT2D eigenvalue weighted by atomic mass is 9.82. The molecule has 2 amide bonds. The summed E-state index contributed by atoms with van der Waals surface area (Å²) in [6, 6.07) is 8.98. The van der Waals surface area contributed by atoms with Crippen LogP contribution in [0.3, 0.4) is 0 Å². The Morgan fingerprint density at radius 3 is 2.41 bits per heavy atom. The minimum atomic E-state index is -0.927. The average molecular weight is 434 g/mol. The molecule has 0 radical (unpaired) electrons. The molecule has 2 aliphatic heterocycles. The summed E-state index contributed by atoms with van der Waals surface area (Å²) < 4.78 is 0. The zero-order valence-electron chi connectivity index (χ0n) is 16.2. The average Bonchev–Trinajstić information content (AvgIpc) is 2.64. The van der Waals surface area contributed by atoms with Gasteiger partial charge in [-0.3, -0.25) is 9.59 Å². The van der Waals surface area contributed by atoms with Gasteiger partial charge >= 0.3 is 0 Å². The van der Waals surface area contributed by atoms with Gasteiger partial charge in [0.15, 0.2) is 11.4 Å². The van der Waals surface area contributed by atoms with E-state index >= 15 is 0 Å². The van der Waals surface area contributed by atoms with Gasteiger partial charge in [0.05, 0.1) is 24.3 Å². The number of nitrogens with zero attached hydrogens (tertiary/aromatic N) is 5. The smallest absolute Gasteiger partial charge is 0.252 e. The molecule has 29 heavy (non-hydrogen) atoms. The zero-order valence-corrected chi connectivity index (χ0v) is 17.7. The molecule has 2 saturated heterocycles. The highest BCUT2D eigenvalue weighted by atomic mass is 35.5. The van der Waals surface area contributed by atoms with Crippen LogP contribution in [-0.4, -0.2) is 63.0 Å². The van der Waals surface area contributed by atoms with Crippen molar-refractivity contribution in [3.8, 4) is 0 Å². The molecule has 2 fully saturated rings. The number of halogens is 2. The molecule has 9 heteroatoms. The van der Waals surface area contributed by atoms with Gasteiger partial charge in [-0.2, -0.15) is 5.10 Å². The van der Waals surface area contributed by atoms with E-state index in [1.54, 1.807) is 28.0 Å². The molecule has 0 unspecified atom stereocenters. The van der Waals surface area contributed by atoms with E-state index in [2.05, 4.69) is 10.2 Å². The summed E-state index contributed by atoms with van der Waals surface area (Å²) in [5.41, 5.74) is -0.00242. The Hall–Kier alpha value is -2.38. The number of hydrogen-bond donors (Lipinski definition) is 0. The highest BCUT2D eigenvalue weighted by molar-refractivity contribution is 6.30. The number of amides is 2. The van der Waals surface area contributed by atoms with Crippen LogP contribution in [0.1, 0.15) is 19.4 Å².